The molecule has 0 saturated carbocycles. The van der Waals surface area contributed by atoms with Gasteiger partial charge in [-0.15, -0.1) is 0 Å². The zero-order valence-electron chi connectivity index (χ0n) is 7.23. The van der Waals surface area contributed by atoms with Gasteiger partial charge in [-0.25, -0.2) is 0 Å². The summed E-state index contributed by atoms with van der Waals surface area (Å²) in [6, 6.07) is 6.98. The molecule has 1 aliphatic rings. The van der Waals surface area contributed by atoms with Crippen LogP contribution in [0.2, 0.25) is 0 Å². The van der Waals surface area contributed by atoms with Crippen molar-refractivity contribution in [2.24, 2.45) is 0 Å². The van der Waals surface area contributed by atoms with E-state index in [0.29, 0.717) is 12.1 Å². The molecule has 0 aromatic heterocycles. The van der Waals surface area contributed by atoms with E-state index in [1.165, 1.54) is 6.08 Å². The topological polar surface area (TPSA) is 12.0 Å². The molecule has 0 fully saturated rings. The van der Waals surface area contributed by atoms with Crippen molar-refractivity contribution in [3.8, 4) is 0 Å². The zero-order valence-corrected chi connectivity index (χ0v) is 7.23. The third-order valence-corrected chi connectivity index (χ3v) is 2.12. The van der Waals surface area contributed by atoms with Crippen LogP contribution in [-0.4, -0.2) is 6.18 Å². The molecule has 0 radical (unpaired) electrons. The van der Waals surface area contributed by atoms with Crippen LogP contribution in [0.5, 0.6) is 0 Å². The predicted octanol–water partition coefficient (Wildman–Crippen LogP) is 3.10. The Morgan fingerprint density at radius 2 is 1.86 bits per heavy atom. The Balaban J connectivity index is 2.30. The summed E-state index contributed by atoms with van der Waals surface area (Å²) in [7, 11) is 0. The first kappa shape index (κ1) is 9.12. The molecule has 1 heterocycles. The van der Waals surface area contributed by atoms with Gasteiger partial charge in [0.2, 0.25) is 0 Å². The predicted molar refractivity (Wildman–Crippen MR) is 47.9 cm³/mol. The number of alkyl halides is 3. The molecule has 1 aromatic carbocycles. The van der Waals surface area contributed by atoms with Crippen LogP contribution >= 0.6 is 0 Å². The van der Waals surface area contributed by atoms with Gasteiger partial charge in [-0.1, -0.05) is 24.3 Å². The van der Waals surface area contributed by atoms with Crippen LogP contribution in [0.4, 0.5) is 18.9 Å². The fraction of sp³-hybridized carbons (Fsp3) is 0.200. The van der Waals surface area contributed by atoms with Crippen LogP contribution in [0.15, 0.2) is 36.0 Å². The lowest BCUT2D eigenvalue weighted by atomic mass is 10.1. The number of allylic oxidation sites excluding steroid dienone is 2. The van der Waals surface area contributed by atoms with Crippen molar-refractivity contribution in [3.05, 3.63) is 41.6 Å². The summed E-state index contributed by atoms with van der Waals surface area (Å²) in [6.07, 6.45) is -2.78. The van der Waals surface area contributed by atoms with E-state index in [1.807, 2.05) is 12.1 Å². The molecule has 1 aliphatic heterocycles. The molecule has 4 heteroatoms. The van der Waals surface area contributed by atoms with E-state index in [-0.39, 0.29) is 0 Å². The minimum Gasteiger partial charge on any atom is -0.352 e. The standard InChI is InChI=1S/C10H8F3N/c11-10(12,13)9-6-5-7-3-1-2-4-8(7)14-9/h1-4,6,14H,5H2. The molecular formula is C10H8F3N. The largest absolute Gasteiger partial charge is 0.430 e. The second-order valence-corrected chi connectivity index (χ2v) is 3.10. The van der Waals surface area contributed by atoms with Crippen molar-refractivity contribution < 1.29 is 13.2 Å². The quantitative estimate of drug-likeness (QED) is 0.677. The Morgan fingerprint density at radius 3 is 2.57 bits per heavy atom. The van der Waals surface area contributed by atoms with Gasteiger partial charge in [0.25, 0.3) is 0 Å². The fourth-order valence-electron chi connectivity index (χ4n) is 1.41. The summed E-state index contributed by atoms with van der Waals surface area (Å²) < 4.78 is 36.9. The summed E-state index contributed by atoms with van der Waals surface area (Å²) in [4.78, 5) is 0. The first-order valence-corrected chi connectivity index (χ1v) is 4.19. The maximum atomic E-state index is 12.3. The Kier molecular flexibility index (Phi) is 1.98. The van der Waals surface area contributed by atoms with Crippen LogP contribution in [0.3, 0.4) is 0 Å². The van der Waals surface area contributed by atoms with E-state index >= 15 is 0 Å². The van der Waals surface area contributed by atoms with Crippen LogP contribution in [-0.2, 0) is 6.42 Å². The van der Waals surface area contributed by atoms with Crippen molar-refractivity contribution in [1.29, 1.82) is 0 Å². The summed E-state index contributed by atoms with van der Waals surface area (Å²) in [6.45, 7) is 0. The highest BCUT2D eigenvalue weighted by molar-refractivity contribution is 5.59. The molecule has 1 nitrogen and oxygen atoms in total. The van der Waals surface area contributed by atoms with Crippen molar-refractivity contribution in [2.75, 3.05) is 5.32 Å². The molecule has 0 aliphatic carbocycles. The average molecular weight is 199 g/mol. The van der Waals surface area contributed by atoms with E-state index in [0.717, 1.165) is 5.56 Å². The molecule has 14 heavy (non-hydrogen) atoms. The lowest BCUT2D eigenvalue weighted by molar-refractivity contribution is -0.0906. The second-order valence-electron chi connectivity index (χ2n) is 3.10. The fourth-order valence-corrected chi connectivity index (χ4v) is 1.41. The molecule has 0 atom stereocenters. The Labute approximate surface area is 79.2 Å². The van der Waals surface area contributed by atoms with Gasteiger partial charge in [0.1, 0.15) is 5.70 Å². The molecule has 0 bridgehead atoms. The molecule has 1 N–H and O–H groups in total. The number of rotatable bonds is 0. The first-order chi connectivity index (χ1) is 6.57. The number of halogens is 3. The van der Waals surface area contributed by atoms with Crippen molar-refractivity contribution in [1.82, 2.24) is 0 Å². The molecule has 0 unspecified atom stereocenters. The van der Waals surface area contributed by atoms with Gasteiger partial charge in [0.15, 0.2) is 0 Å². The molecule has 1 aromatic rings. The highest BCUT2D eigenvalue weighted by Crippen LogP contribution is 2.32. The number of hydrogen-bond acceptors (Lipinski definition) is 1. The second kappa shape index (κ2) is 3.04. The number of para-hydroxylation sites is 1. The molecule has 74 valence electrons. The highest BCUT2D eigenvalue weighted by atomic mass is 19.4. The monoisotopic (exact) mass is 199 g/mol. The third-order valence-electron chi connectivity index (χ3n) is 2.12. The number of anilines is 1. The summed E-state index contributed by atoms with van der Waals surface area (Å²) in [5, 5.41) is 2.37. The van der Waals surface area contributed by atoms with E-state index < -0.39 is 11.9 Å². The molecular weight excluding hydrogens is 191 g/mol. The Hall–Kier alpha value is -1.45. The van der Waals surface area contributed by atoms with Gasteiger partial charge >= 0.3 is 6.18 Å². The highest BCUT2D eigenvalue weighted by Gasteiger charge is 2.35. The van der Waals surface area contributed by atoms with Crippen LogP contribution in [0.1, 0.15) is 5.56 Å². The Bertz CT molecular complexity index is 379. The van der Waals surface area contributed by atoms with Crippen LogP contribution < -0.4 is 5.32 Å². The van der Waals surface area contributed by atoms with Gasteiger partial charge in [-0.05, 0) is 18.1 Å². The van der Waals surface area contributed by atoms with E-state index in [4.69, 9.17) is 0 Å². The van der Waals surface area contributed by atoms with E-state index in [9.17, 15) is 13.2 Å². The van der Waals surface area contributed by atoms with Crippen LogP contribution in [0, 0.1) is 0 Å². The zero-order chi connectivity index (χ0) is 10.2. The lowest BCUT2D eigenvalue weighted by Gasteiger charge is -2.20. The van der Waals surface area contributed by atoms with Gasteiger partial charge in [0, 0.05) is 5.69 Å². The Morgan fingerprint density at radius 1 is 1.14 bits per heavy atom. The summed E-state index contributed by atoms with van der Waals surface area (Å²) in [5.41, 5.74) is 0.763. The van der Waals surface area contributed by atoms with Gasteiger partial charge in [-0.3, -0.25) is 0 Å². The number of fused-ring (bicyclic) bond motifs is 1. The molecule has 0 saturated heterocycles. The SMILES string of the molecule is FC(F)(F)C1=CCc2ccccc2N1. The van der Waals surface area contributed by atoms with E-state index in [1.54, 1.807) is 12.1 Å². The smallest absolute Gasteiger partial charge is 0.352 e. The maximum absolute atomic E-state index is 12.3. The maximum Gasteiger partial charge on any atom is 0.430 e. The number of nitrogens with one attached hydrogen (secondary N) is 1. The summed E-state index contributed by atoms with van der Waals surface area (Å²) >= 11 is 0. The molecule has 0 spiro atoms. The minimum atomic E-state index is -4.28. The first-order valence-electron chi connectivity index (χ1n) is 4.19. The van der Waals surface area contributed by atoms with Gasteiger partial charge in [0.05, 0.1) is 0 Å². The van der Waals surface area contributed by atoms with Crippen LogP contribution in [0.25, 0.3) is 0 Å². The average Bonchev–Trinajstić information content (AvgIpc) is 2.16. The van der Waals surface area contributed by atoms with Crippen molar-refractivity contribution >= 4 is 5.69 Å². The number of benzene rings is 1. The van der Waals surface area contributed by atoms with E-state index in [2.05, 4.69) is 5.32 Å². The normalized spacial score (nSPS) is 15.5. The van der Waals surface area contributed by atoms with Crippen molar-refractivity contribution in [3.63, 3.8) is 0 Å². The summed E-state index contributed by atoms with van der Waals surface area (Å²) in [5.74, 6) is 0. The third kappa shape index (κ3) is 1.60. The molecule has 2 rings (SSSR count). The van der Waals surface area contributed by atoms with Gasteiger partial charge in [-0.2, -0.15) is 13.2 Å². The minimum absolute atomic E-state index is 0.331. The van der Waals surface area contributed by atoms with Crippen molar-refractivity contribution in [2.45, 2.75) is 12.6 Å². The lowest BCUT2D eigenvalue weighted by Crippen LogP contribution is -2.22. The van der Waals surface area contributed by atoms with Gasteiger partial charge < -0.3 is 5.32 Å². The number of hydrogen-bond donors (Lipinski definition) is 1. The molecule has 0 amide bonds.